The first-order valence-electron chi connectivity index (χ1n) is 5.94. The molecule has 1 saturated heterocycles. The topological polar surface area (TPSA) is 110 Å². The van der Waals surface area contributed by atoms with Crippen LogP contribution < -0.4 is 5.73 Å². The third-order valence-electron chi connectivity index (χ3n) is 3.01. The standard InChI is InChI=1S/C13H14N2O5/c14-13(8-15(11(13)18)6-10(16)17)12(19)20-7-9-4-2-1-3-5-9/h1-5H,6-8,14H2,(H,16,17). The zero-order valence-corrected chi connectivity index (χ0v) is 10.6. The fourth-order valence-corrected chi connectivity index (χ4v) is 1.93. The van der Waals surface area contributed by atoms with Crippen LogP contribution in [0.4, 0.5) is 0 Å². The zero-order chi connectivity index (χ0) is 14.8. The van der Waals surface area contributed by atoms with Crippen LogP contribution >= 0.6 is 0 Å². The molecular formula is C13H14N2O5. The van der Waals surface area contributed by atoms with Crippen molar-refractivity contribution in [2.24, 2.45) is 5.73 Å². The van der Waals surface area contributed by atoms with E-state index in [-0.39, 0.29) is 13.2 Å². The van der Waals surface area contributed by atoms with Gasteiger partial charge in [-0.25, -0.2) is 4.79 Å². The highest BCUT2D eigenvalue weighted by Crippen LogP contribution is 2.22. The summed E-state index contributed by atoms with van der Waals surface area (Å²) in [4.78, 5) is 35.0. The van der Waals surface area contributed by atoms with Crippen molar-refractivity contribution in [2.75, 3.05) is 13.1 Å². The van der Waals surface area contributed by atoms with E-state index in [9.17, 15) is 14.4 Å². The Morgan fingerprint density at radius 1 is 1.35 bits per heavy atom. The van der Waals surface area contributed by atoms with E-state index >= 15 is 0 Å². The number of hydrogen-bond donors (Lipinski definition) is 2. The number of ether oxygens (including phenoxy) is 1. The molecule has 0 saturated carbocycles. The first-order valence-corrected chi connectivity index (χ1v) is 5.94. The van der Waals surface area contributed by atoms with E-state index in [1.54, 1.807) is 24.3 Å². The van der Waals surface area contributed by atoms with Gasteiger partial charge in [0.25, 0.3) is 5.91 Å². The van der Waals surface area contributed by atoms with Crippen molar-refractivity contribution in [2.45, 2.75) is 12.1 Å². The van der Waals surface area contributed by atoms with Gasteiger partial charge in [-0.2, -0.15) is 0 Å². The lowest BCUT2D eigenvalue weighted by Gasteiger charge is -2.43. The number of nitrogens with two attached hydrogens (primary N) is 1. The fraction of sp³-hybridized carbons (Fsp3) is 0.308. The van der Waals surface area contributed by atoms with Crippen LogP contribution in [0.3, 0.4) is 0 Å². The fourth-order valence-electron chi connectivity index (χ4n) is 1.93. The number of carboxylic acid groups (broad SMARTS) is 1. The number of aliphatic carboxylic acids is 1. The van der Waals surface area contributed by atoms with E-state index in [0.717, 1.165) is 10.5 Å². The Morgan fingerprint density at radius 3 is 2.55 bits per heavy atom. The van der Waals surface area contributed by atoms with E-state index in [2.05, 4.69) is 0 Å². The number of hydrogen-bond acceptors (Lipinski definition) is 5. The van der Waals surface area contributed by atoms with Crippen LogP contribution in [0, 0.1) is 0 Å². The molecule has 2 rings (SSSR count). The Hall–Kier alpha value is -2.41. The smallest absolute Gasteiger partial charge is 0.338 e. The Labute approximate surface area is 114 Å². The largest absolute Gasteiger partial charge is 0.480 e. The summed E-state index contributed by atoms with van der Waals surface area (Å²) in [6.45, 7) is -0.597. The van der Waals surface area contributed by atoms with Crippen LogP contribution in [0.25, 0.3) is 0 Å². The van der Waals surface area contributed by atoms with E-state index in [4.69, 9.17) is 15.6 Å². The van der Waals surface area contributed by atoms with Crippen LogP contribution in [-0.4, -0.2) is 46.5 Å². The molecule has 1 unspecified atom stereocenters. The number of carbonyl (C=O) groups excluding carboxylic acids is 2. The van der Waals surface area contributed by atoms with E-state index < -0.39 is 29.9 Å². The summed E-state index contributed by atoms with van der Waals surface area (Å²) >= 11 is 0. The summed E-state index contributed by atoms with van der Waals surface area (Å²) in [6, 6.07) is 8.97. The monoisotopic (exact) mass is 278 g/mol. The molecule has 1 heterocycles. The number of likely N-dealkylation sites (tertiary alicyclic amines) is 1. The van der Waals surface area contributed by atoms with Crippen LogP contribution in [0.5, 0.6) is 0 Å². The van der Waals surface area contributed by atoms with Gasteiger partial charge in [-0.15, -0.1) is 0 Å². The van der Waals surface area contributed by atoms with E-state index in [0.29, 0.717) is 0 Å². The number of β-lactam (4-membered cyclic amide) rings is 1. The quantitative estimate of drug-likeness (QED) is 0.421. The molecule has 0 bridgehead atoms. The van der Waals surface area contributed by atoms with E-state index in [1.165, 1.54) is 0 Å². The molecule has 7 heteroatoms. The number of esters is 1. The highest BCUT2D eigenvalue weighted by atomic mass is 16.5. The predicted molar refractivity (Wildman–Crippen MR) is 67.4 cm³/mol. The van der Waals surface area contributed by atoms with Crippen LogP contribution in [-0.2, 0) is 25.7 Å². The molecule has 0 spiro atoms. The van der Waals surface area contributed by atoms with Gasteiger partial charge in [0.1, 0.15) is 13.2 Å². The van der Waals surface area contributed by atoms with Crippen LogP contribution in [0.2, 0.25) is 0 Å². The van der Waals surface area contributed by atoms with Crippen LogP contribution in [0.15, 0.2) is 30.3 Å². The molecule has 0 aliphatic carbocycles. The van der Waals surface area contributed by atoms with Gasteiger partial charge in [-0.1, -0.05) is 30.3 Å². The summed E-state index contributed by atoms with van der Waals surface area (Å²) in [5.41, 5.74) is 4.68. The number of rotatable bonds is 5. The lowest BCUT2D eigenvalue weighted by atomic mass is 9.90. The maximum absolute atomic E-state index is 11.8. The van der Waals surface area contributed by atoms with Gasteiger partial charge >= 0.3 is 11.9 Å². The molecule has 1 aromatic rings. The molecular weight excluding hydrogens is 264 g/mol. The Kier molecular flexibility index (Phi) is 3.71. The maximum Gasteiger partial charge on any atom is 0.338 e. The maximum atomic E-state index is 11.8. The third kappa shape index (κ3) is 2.62. The SMILES string of the molecule is NC1(C(=O)OCc2ccccc2)CN(CC(=O)O)C1=O. The van der Waals surface area contributed by atoms with Crippen molar-refractivity contribution in [3.63, 3.8) is 0 Å². The average Bonchev–Trinajstić information content (AvgIpc) is 2.44. The van der Waals surface area contributed by atoms with Gasteiger partial charge in [-0.3, -0.25) is 9.59 Å². The zero-order valence-electron chi connectivity index (χ0n) is 10.6. The number of carboxylic acids is 1. The van der Waals surface area contributed by atoms with Crippen molar-refractivity contribution in [3.05, 3.63) is 35.9 Å². The molecule has 20 heavy (non-hydrogen) atoms. The minimum absolute atomic E-state index is 0.0187. The Balaban J connectivity index is 1.90. The molecule has 3 N–H and O–H groups in total. The summed E-state index contributed by atoms with van der Waals surface area (Å²) < 4.78 is 5.00. The summed E-state index contributed by atoms with van der Waals surface area (Å²) in [7, 11) is 0. The van der Waals surface area contributed by atoms with Gasteiger partial charge in [0.05, 0.1) is 6.54 Å². The summed E-state index contributed by atoms with van der Waals surface area (Å²) in [6.07, 6.45) is 0. The van der Waals surface area contributed by atoms with E-state index in [1.807, 2.05) is 6.07 Å². The number of benzene rings is 1. The lowest BCUT2D eigenvalue weighted by Crippen LogP contribution is -2.76. The molecule has 1 amide bonds. The second kappa shape index (κ2) is 5.30. The summed E-state index contributed by atoms with van der Waals surface area (Å²) in [5.74, 6) is -2.72. The second-order valence-corrected chi connectivity index (χ2v) is 4.59. The lowest BCUT2D eigenvalue weighted by molar-refractivity contribution is -0.172. The molecule has 0 aromatic heterocycles. The van der Waals surface area contributed by atoms with Crippen molar-refractivity contribution in [1.29, 1.82) is 0 Å². The molecule has 1 atom stereocenters. The highest BCUT2D eigenvalue weighted by Gasteiger charge is 2.56. The Bertz CT molecular complexity index is 545. The minimum Gasteiger partial charge on any atom is -0.480 e. The molecule has 1 aliphatic heterocycles. The first-order chi connectivity index (χ1) is 9.43. The van der Waals surface area contributed by atoms with Crippen molar-refractivity contribution >= 4 is 17.8 Å². The molecule has 1 fully saturated rings. The molecule has 1 aromatic carbocycles. The second-order valence-electron chi connectivity index (χ2n) is 4.59. The van der Waals surface area contributed by atoms with Crippen molar-refractivity contribution in [1.82, 2.24) is 4.90 Å². The Morgan fingerprint density at radius 2 is 2.00 bits per heavy atom. The molecule has 106 valence electrons. The van der Waals surface area contributed by atoms with Crippen molar-refractivity contribution < 1.29 is 24.2 Å². The van der Waals surface area contributed by atoms with Gasteiger partial charge in [0.2, 0.25) is 5.54 Å². The summed E-state index contributed by atoms with van der Waals surface area (Å²) in [5, 5.41) is 8.58. The highest BCUT2D eigenvalue weighted by molar-refractivity contribution is 6.12. The van der Waals surface area contributed by atoms with Crippen LogP contribution in [0.1, 0.15) is 5.56 Å². The molecule has 7 nitrogen and oxygen atoms in total. The van der Waals surface area contributed by atoms with Gasteiger partial charge in [0, 0.05) is 0 Å². The average molecular weight is 278 g/mol. The third-order valence-corrected chi connectivity index (χ3v) is 3.01. The predicted octanol–water partition coefficient (Wildman–Crippen LogP) is -0.646. The molecule has 0 radical (unpaired) electrons. The van der Waals surface area contributed by atoms with Gasteiger partial charge in [-0.05, 0) is 5.56 Å². The van der Waals surface area contributed by atoms with Gasteiger partial charge in [0.15, 0.2) is 0 Å². The first kappa shape index (κ1) is 14.0. The number of carbonyl (C=O) groups is 3. The number of amides is 1. The normalized spacial score (nSPS) is 21.2. The van der Waals surface area contributed by atoms with Gasteiger partial charge < -0.3 is 20.5 Å². The minimum atomic E-state index is -1.76. The van der Waals surface area contributed by atoms with Crippen molar-refractivity contribution in [3.8, 4) is 0 Å². The number of nitrogens with zero attached hydrogens (tertiary/aromatic N) is 1. The molecule has 1 aliphatic rings.